The van der Waals surface area contributed by atoms with Gasteiger partial charge in [0.15, 0.2) is 0 Å². The van der Waals surface area contributed by atoms with Crippen molar-refractivity contribution >= 4 is 142 Å². The van der Waals surface area contributed by atoms with Gasteiger partial charge in [0.25, 0.3) is 0 Å². The molecule has 0 aliphatic heterocycles. The molecule has 26 rings (SSSR count). The lowest BCUT2D eigenvalue weighted by Gasteiger charge is -2.10. The molecule has 0 aliphatic rings. The van der Waals surface area contributed by atoms with Crippen molar-refractivity contribution in [1.29, 1.82) is 0 Å². The minimum atomic E-state index is 0.970. The van der Waals surface area contributed by atoms with Crippen LogP contribution >= 0.6 is 0 Å². The van der Waals surface area contributed by atoms with Gasteiger partial charge in [0.2, 0.25) is 0 Å². The first kappa shape index (κ1) is 71.4. The second kappa shape index (κ2) is 29.6. The average molecular weight is 1580 g/mol. The van der Waals surface area contributed by atoms with Crippen molar-refractivity contribution in [3.8, 4) is 78.6 Å². The molecule has 9 heterocycles. The fourth-order valence-electron chi connectivity index (χ4n) is 19.5. The highest BCUT2D eigenvalue weighted by atomic mass is 15.1. The summed E-state index contributed by atoms with van der Waals surface area (Å²) in [5.74, 6) is 0. The number of pyridine rings is 3. The van der Waals surface area contributed by atoms with Crippen molar-refractivity contribution in [1.82, 2.24) is 42.4 Å². The van der Waals surface area contributed by atoms with E-state index in [-0.39, 0.29) is 0 Å². The zero-order chi connectivity index (χ0) is 81.7. The van der Waals surface area contributed by atoms with E-state index in [1.807, 2.05) is 36.8 Å². The Morgan fingerprint density at radius 3 is 0.806 bits per heavy atom. The van der Waals surface area contributed by atoms with Crippen LogP contribution in [0.3, 0.4) is 0 Å². The summed E-state index contributed by atoms with van der Waals surface area (Å²) in [6.45, 7) is 0. The van der Waals surface area contributed by atoms with Crippen LogP contribution in [0.15, 0.2) is 455 Å². The summed E-state index contributed by atoms with van der Waals surface area (Å²) in [6.07, 6.45) is 5.65. The van der Waals surface area contributed by atoms with Crippen LogP contribution in [0.4, 0.5) is 0 Å². The van der Waals surface area contributed by atoms with Crippen molar-refractivity contribution in [2.24, 2.45) is 0 Å². The first-order valence-electron chi connectivity index (χ1n) is 42.2. The molecule has 0 amide bonds. The number of aromatic nitrogens is 9. The molecule has 0 N–H and O–H groups in total. The van der Waals surface area contributed by atoms with Crippen LogP contribution in [0.5, 0.6) is 0 Å². The van der Waals surface area contributed by atoms with E-state index in [0.29, 0.717) is 0 Å². The Morgan fingerprint density at radius 2 is 0.419 bits per heavy atom. The highest BCUT2D eigenvalue weighted by molar-refractivity contribution is 6.21. The minimum absolute atomic E-state index is 0.970. The van der Waals surface area contributed by atoms with Gasteiger partial charge in [-0.05, 0) is 237 Å². The Morgan fingerprint density at radius 1 is 0.145 bits per heavy atom. The summed E-state index contributed by atoms with van der Waals surface area (Å²) in [5, 5.41) is 17.1. The largest absolute Gasteiger partial charge is 0.309 e. The summed E-state index contributed by atoms with van der Waals surface area (Å²) in [6, 6.07) is 156. The summed E-state index contributed by atoms with van der Waals surface area (Å²) in [5.41, 5.74) is 30.2. The Balaban J connectivity index is 0.000000105. The van der Waals surface area contributed by atoms with Crippen LogP contribution in [-0.4, -0.2) is 42.4 Å². The molecule has 9 heteroatoms. The van der Waals surface area contributed by atoms with Crippen LogP contribution in [0, 0.1) is 0 Å². The number of para-hydroxylation sites is 7. The van der Waals surface area contributed by atoms with Gasteiger partial charge in [0, 0.05) is 117 Å². The quantitative estimate of drug-likeness (QED) is 0.137. The molecule has 0 saturated carbocycles. The third-order valence-electron chi connectivity index (χ3n) is 24.9. The second-order valence-corrected chi connectivity index (χ2v) is 31.8. The van der Waals surface area contributed by atoms with Crippen molar-refractivity contribution in [2.45, 2.75) is 0 Å². The van der Waals surface area contributed by atoms with Crippen molar-refractivity contribution in [3.63, 3.8) is 0 Å². The van der Waals surface area contributed by atoms with Crippen LogP contribution in [-0.2, 0) is 0 Å². The molecular formula is C115H75N9. The summed E-state index contributed by atoms with van der Waals surface area (Å²) >= 11 is 0. The lowest BCUT2D eigenvalue weighted by molar-refractivity contribution is 1.14. The van der Waals surface area contributed by atoms with Gasteiger partial charge in [0.05, 0.1) is 49.7 Å². The van der Waals surface area contributed by atoms with Crippen LogP contribution < -0.4 is 0 Å². The lowest BCUT2D eigenvalue weighted by atomic mass is 9.98. The molecule has 9 nitrogen and oxygen atoms in total. The zero-order valence-corrected chi connectivity index (χ0v) is 67.3. The molecule has 17 aromatic carbocycles. The van der Waals surface area contributed by atoms with Crippen molar-refractivity contribution < 1.29 is 0 Å². The summed E-state index contributed by atoms with van der Waals surface area (Å²) in [7, 11) is 0. The van der Waals surface area contributed by atoms with E-state index in [2.05, 4.69) is 446 Å². The molecule has 0 spiro atoms. The Hall–Kier alpha value is -16.8. The first-order valence-corrected chi connectivity index (χ1v) is 42.2. The normalized spacial score (nSPS) is 11.7. The number of hydrogen-bond acceptors (Lipinski definition) is 3. The molecule has 580 valence electrons. The van der Waals surface area contributed by atoms with E-state index in [1.165, 1.54) is 148 Å². The van der Waals surface area contributed by atoms with Crippen LogP contribution in [0.2, 0.25) is 0 Å². The van der Waals surface area contributed by atoms with Gasteiger partial charge >= 0.3 is 0 Å². The topological polar surface area (TPSA) is 68.2 Å². The van der Waals surface area contributed by atoms with E-state index in [9.17, 15) is 0 Å². The first-order chi connectivity index (χ1) is 61.6. The predicted octanol–water partition coefficient (Wildman–Crippen LogP) is 29.6. The van der Waals surface area contributed by atoms with Gasteiger partial charge in [-0.3, -0.25) is 13.7 Å². The number of fused-ring (bicyclic) bond motifs is 19. The molecule has 124 heavy (non-hydrogen) atoms. The van der Waals surface area contributed by atoms with Gasteiger partial charge < -0.3 is 13.7 Å². The van der Waals surface area contributed by atoms with Gasteiger partial charge in [-0.2, -0.15) is 0 Å². The molecular weight excluding hydrogens is 1510 g/mol. The lowest BCUT2D eigenvalue weighted by Crippen LogP contribution is -1.94. The zero-order valence-electron chi connectivity index (χ0n) is 67.3. The minimum Gasteiger partial charge on any atom is -0.309 e. The third-order valence-corrected chi connectivity index (χ3v) is 24.9. The summed E-state index contributed by atoms with van der Waals surface area (Å²) in [4.78, 5) is 14.5. The average Bonchev–Trinajstić information content (AvgIpc) is 1.58. The molecule has 0 fully saturated rings. The Kier molecular flexibility index (Phi) is 17.1. The van der Waals surface area contributed by atoms with Crippen molar-refractivity contribution in [2.75, 3.05) is 0 Å². The van der Waals surface area contributed by atoms with Crippen LogP contribution in [0.25, 0.3) is 221 Å². The molecule has 0 atom stereocenters. The maximum atomic E-state index is 4.84. The molecule has 0 aliphatic carbocycles. The SMILES string of the molecule is c1ccc(-c2ccc(-n3c4ccccc4c4cc(-c5cccc6c5c5cccnc5n6-c5ccccc5)ccc43)cc2)cc1.c1ccc(-n2c3cccc(-c4ccc5c(c4)c4ccccc4n5-c4ccc5ccccc5c4)c3c3cccnc32)cc1.c1ccc(-n2c3ccccc3c3cc(-c4cccc5c4c4cccnc4n5-c4ccccc4)ccc32)cc1. The number of rotatable bonds is 10. The fourth-order valence-corrected chi connectivity index (χ4v) is 19.5. The molecule has 0 unspecified atom stereocenters. The molecule has 0 bridgehead atoms. The van der Waals surface area contributed by atoms with E-state index < -0.39 is 0 Å². The van der Waals surface area contributed by atoms with E-state index in [0.717, 1.165) is 72.4 Å². The molecule has 26 aromatic rings. The smallest absolute Gasteiger partial charge is 0.145 e. The van der Waals surface area contributed by atoms with Crippen LogP contribution in [0.1, 0.15) is 0 Å². The molecule has 0 saturated heterocycles. The fraction of sp³-hybridized carbons (Fsp3) is 0. The van der Waals surface area contributed by atoms with Gasteiger partial charge in [0.1, 0.15) is 16.9 Å². The molecule has 9 aromatic heterocycles. The maximum absolute atomic E-state index is 4.84. The Bertz CT molecular complexity index is 8650. The van der Waals surface area contributed by atoms with Crippen molar-refractivity contribution in [3.05, 3.63) is 455 Å². The maximum Gasteiger partial charge on any atom is 0.145 e. The third kappa shape index (κ3) is 11.7. The molecule has 0 radical (unpaired) electrons. The van der Waals surface area contributed by atoms with Gasteiger partial charge in [-0.1, -0.05) is 255 Å². The Labute approximate surface area is 713 Å². The van der Waals surface area contributed by atoms with E-state index >= 15 is 0 Å². The standard InChI is InChI=1S/C41H27N3.C39H25N3.C35H23N3/c1-3-11-28(12-4-1)29-20-23-32(24-21-29)43-37-18-8-7-15-34(37)36-27-30(22-25-38(36)43)33-16-9-19-39-40(33)35-17-10-26-42-41(35)44(39)31-13-5-2-6-14-31;1-2-12-29(13-3-1)42-37-18-8-15-31(38(37)33-16-9-23-40-39(33)42)28-20-22-36-34(25-28)32-14-6-7-17-35(32)41(36)30-21-19-26-10-4-5-11-27(26)24-30;1-3-11-25(12-4-1)37-31-18-8-7-15-28(31)30-23-24(20-21-32(30)37)27-16-9-19-33-34(27)29-17-10-22-36-35(29)38(33)26-13-5-2-6-14-26/h1-27H;1-25H;1-23H. The number of hydrogen-bond donors (Lipinski definition) is 0. The van der Waals surface area contributed by atoms with E-state index in [1.54, 1.807) is 0 Å². The highest BCUT2D eigenvalue weighted by Crippen LogP contribution is 2.46. The highest BCUT2D eigenvalue weighted by Gasteiger charge is 2.24. The second-order valence-electron chi connectivity index (χ2n) is 31.8. The monoisotopic (exact) mass is 1580 g/mol. The van der Waals surface area contributed by atoms with E-state index in [4.69, 9.17) is 15.0 Å². The predicted molar refractivity (Wildman–Crippen MR) is 518 cm³/mol. The number of benzene rings is 17. The number of nitrogens with zero attached hydrogens (tertiary/aromatic N) is 9. The summed E-state index contributed by atoms with van der Waals surface area (Å²) < 4.78 is 14.0. The van der Waals surface area contributed by atoms with Gasteiger partial charge in [-0.15, -0.1) is 0 Å². The van der Waals surface area contributed by atoms with Gasteiger partial charge in [-0.25, -0.2) is 15.0 Å².